The van der Waals surface area contributed by atoms with Crippen LogP contribution in [0.4, 0.5) is 14.9 Å². The van der Waals surface area contributed by atoms with Crippen LogP contribution in [0.15, 0.2) is 18.2 Å². The van der Waals surface area contributed by atoms with Gasteiger partial charge in [0.1, 0.15) is 0 Å². The highest BCUT2D eigenvalue weighted by atomic mass is 19.1. The number of hydrogen-bond acceptors (Lipinski definition) is 4. The Morgan fingerprint density at radius 3 is 2.86 bits per heavy atom. The Labute approximate surface area is 122 Å². The number of hydrogen-bond donors (Lipinski definition) is 0. The molecule has 1 aliphatic rings. The molecule has 6 heteroatoms. The van der Waals surface area contributed by atoms with Gasteiger partial charge in [0.2, 0.25) is 6.36 Å². The Morgan fingerprint density at radius 2 is 2.19 bits per heavy atom. The summed E-state index contributed by atoms with van der Waals surface area (Å²) in [6.45, 7) is 2.17. The average Bonchev–Trinajstić information content (AvgIpc) is 2.90. The Morgan fingerprint density at radius 1 is 1.43 bits per heavy atom. The molecule has 0 N–H and O–H groups in total. The zero-order chi connectivity index (χ0) is 15.4. The van der Waals surface area contributed by atoms with E-state index in [1.54, 1.807) is 19.1 Å². The molecule has 1 heterocycles. The van der Waals surface area contributed by atoms with E-state index < -0.39 is 18.4 Å². The Bertz CT molecular complexity index is 546. The van der Waals surface area contributed by atoms with Gasteiger partial charge in [-0.1, -0.05) is 19.1 Å². The monoisotopic (exact) mass is 295 g/mol. The van der Waals surface area contributed by atoms with Crippen LogP contribution in [0.25, 0.3) is 0 Å². The van der Waals surface area contributed by atoms with E-state index in [9.17, 15) is 14.0 Å². The second-order valence-corrected chi connectivity index (χ2v) is 4.79. The van der Waals surface area contributed by atoms with Gasteiger partial charge in [0, 0.05) is 13.0 Å². The number of para-hydroxylation sites is 1. The zero-order valence-corrected chi connectivity index (χ0v) is 12.1. The maximum Gasteiger partial charge on any atom is 0.416 e. The molecule has 1 aromatic rings. The summed E-state index contributed by atoms with van der Waals surface area (Å²) >= 11 is 0. The fourth-order valence-electron chi connectivity index (χ4n) is 2.37. The minimum atomic E-state index is -1.63. The first kappa shape index (κ1) is 15.3. The van der Waals surface area contributed by atoms with Crippen molar-refractivity contribution in [3.05, 3.63) is 29.3 Å². The molecule has 1 aliphatic heterocycles. The molecule has 0 saturated heterocycles. The Balaban J connectivity index is 2.24. The minimum Gasteiger partial charge on any atom is -0.465 e. The highest BCUT2D eigenvalue weighted by Gasteiger charge is 2.31. The number of carbonyl (C=O) groups excluding carboxylic acids is 2. The zero-order valence-electron chi connectivity index (χ0n) is 12.1. The third-order valence-corrected chi connectivity index (χ3v) is 3.36. The first-order valence-electron chi connectivity index (χ1n) is 6.91. The first-order chi connectivity index (χ1) is 10.1. The summed E-state index contributed by atoms with van der Waals surface area (Å²) in [5.74, 6) is -0.531. The van der Waals surface area contributed by atoms with Gasteiger partial charge < -0.3 is 9.47 Å². The molecule has 0 fully saturated rings. The summed E-state index contributed by atoms with van der Waals surface area (Å²) in [7, 11) is 1.28. The number of fused-ring (bicyclic) bond motifs is 1. The van der Waals surface area contributed by atoms with E-state index in [1.165, 1.54) is 12.0 Å². The van der Waals surface area contributed by atoms with E-state index in [2.05, 4.69) is 0 Å². The van der Waals surface area contributed by atoms with Gasteiger partial charge in [-0.3, -0.25) is 4.90 Å². The molecular weight excluding hydrogens is 277 g/mol. The minimum absolute atomic E-state index is 0.158. The predicted octanol–water partition coefficient (Wildman–Crippen LogP) is 3.07. The third kappa shape index (κ3) is 3.15. The van der Waals surface area contributed by atoms with E-state index in [-0.39, 0.29) is 12.0 Å². The van der Waals surface area contributed by atoms with E-state index in [1.807, 2.05) is 6.07 Å². The van der Waals surface area contributed by atoms with Crippen molar-refractivity contribution in [1.82, 2.24) is 0 Å². The van der Waals surface area contributed by atoms with Crippen molar-refractivity contribution in [1.29, 1.82) is 0 Å². The second-order valence-electron chi connectivity index (χ2n) is 4.79. The van der Waals surface area contributed by atoms with E-state index in [0.717, 1.165) is 5.56 Å². The van der Waals surface area contributed by atoms with Gasteiger partial charge in [-0.05, 0) is 24.5 Å². The number of amides is 1. The van der Waals surface area contributed by atoms with Crippen molar-refractivity contribution in [3.63, 3.8) is 0 Å². The summed E-state index contributed by atoms with van der Waals surface area (Å²) in [5, 5.41) is 0. The molecule has 1 atom stereocenters. The number of ether oxygens (including phenoxy) is 2. The van der Waals surface area contributed by atoms with Crippen LogP contribution in [0.3, 0.4) is 0 Å². The summed E-state index contributed by atoms with van der Waals surface area (Å²) in [6.07, 6.45) is -1.06. The number of anilines is 1. The molecule has 1 unspecified atom stereocenters. The van der Waals surface area contributed by atoms with E-state index in [0.29, 0.717) is 25.1 Å². The van der Waals surface area contributed by atoms with Crippen molar-refractivity contribution >= 4 is 17.7 Å². The number of halogens is 1. The smallest absolute Gasteiger partial charge is 0.416 e. The number of methoxy groups -OCH3 is 1. The topological polar surface area (TPSA) is 55.8 Å². The van der Waals surface area contributed by atoms with Gasteiger partial charge in [-0.15, -0.1) is 0 Å². The number of rotatable bonds is 4. The van der Waals surface area contributed by atoms with Gasteiger partial charge in [0.05, 0.1) is 18.4 Å². The molecule has 1 aromatic carbocycles. The maximum absolute atomic E-state index is 13.4. The van der Waals surface area contributed by atoms with Gasteiger partial charge in [0.15, 0.2) is 0 Å². The number of nitrogens with zero attached hydrogens (tertiary/aromatic N) is 1. The number of carbonyl (C=O) groups is 2. The summed E-state index contributed by atoms with van der Waals surface area (Å²) < 4.78 is 22.9. The average molecular weight is 295 g/mol. The van der Waals surface area contributed by atoms with Crippen LogP contribution in [0.5, 0.6) is 0 Å². The molecular formula is C15H18FNO4. The molecule has 0 aliphatic carbocycles. The molecule has 2 rings (SSSR count). The van der Waals surface area contributed by atoms with Crippen LogP contribution < -0.4 is 4.90 Å². The summed E-state index contributed by atoms with van der Waals surface area (Å²) in [4.78, 5) is 25.2. The second kappa shape index (κ2) is 6.56. The molecule has 5 nitrogen and oxygen atoms in total. The number of alkyl halides is 1. The normalized spacial score (nSPS) is 14.5. The summed E-state index contributed by atoms with van der Waals surface area (Å²) in [6, 6.07) is 5.14. The van der Waals surface area contributed by atoms with Gasteiger partial charge in [-0.2, -0.15) is 0 Å². The fourth-order valence-corrected chi connectivity index (χ4v) is 2.37. The lowest BCUT2D eigenvalue weighted by molar-refractivity contribution is 0.0123. The Hall–Kier alpha value is -2.11. The van der Waals surface area contributed by atoms with Crippen molar-refractivity contribution in [2.45, 2.75) is 32.5 Å². The van der Waals surface area contributed by atoms with Gasteiger partial charge in [-0.25, -0.2) is 14.0 Å². The van der Waals surface area contributed by atoms with Crippen LogP contribution >= 0.6 is 0 Å². The number of benzene rings is 1. The van der Waals surface area contributed by atoms with Crippen LogP contribution in [-0.2, 0) is 15.9 Å². The SMILES string of the molecule is CCCC(F)OC(=O)N1CCc2cccc(C(=O)OC)c21. The van der Waals surface area contributed by atoms with Gasteiger partial charge in [0.25, 0.3) is 0 Å². The standard InChI is InChI=1S/C15H18FNO4/c1-3-5-12(16)21-15(19)17-9-8-10-6-4-7-11(13(10)17)14(18)20-2/h4,6-7,12H,3,5,8-9H2,1-2H3. The third-order valence-electron chi connectivity index (χ3n) is 3.36. The molecule has 21 heavy (non-hydrogen) atoms. The molecule has 0 saturated carbocycles. The van der Waals surface area contributed by atoms with Crippen LogP contribution in [-0.4, -0.2) is 32.1 Å². The maximum atomic E-state index is 13.4. The molecule has 1 amide bonds. The van der Waals surface area contributed by atoms with Crippen molar-refractivity contribution < 1.29 is 23.5 Å². The lowest BCUT2D eigenvalue weighted by Crippen LogP contribution is -2.32. The highest BCUT2D eigenvalue weighted by Crippen LogP contribution is 2.33. The Kier molecular flexibility index (Phi) is 4.77. The van der Waals surface area contributed by atoms with Crippen molar-refractivity contribution in [2.24, 2.45) is 0 Å². The van der Waals surface area contributed by atoms with Gasteiger partial charge >= 0.3 is 12.1 Å². The molecule has 114 valence electrons. The molecule has 0 aromatic heterocycles. The fraction of sp³-hybridized carbons (Fsp3) is 0.467. The van der Waals surface area contributed by atoms with Crippen LogP contribution in [0.2, 0.25) is 0 Å². The lowest BCUT2D eigenvalue weighted by atomic mass is 10.1. The van der Waals surface area contributed by atoms with E-state index in [4.69, 9.17) is 9.47 Å². The molecule has 0 spiro atoms. The first-order valence-corrected chi connectivity index (χ1v) is 6.91. The van der Waals surface area contributed by atoms with Crippen LogP contribution in [0, 0.1) is 0 Å². The largest absolute Gasteiger partial charge is 0.465 e. The number of esters is 1. The molecule has 0 radical (unpaired) electrons. The highest BCUT2D eigenvalue weighted by molar-refractivity contribution is 6.02. The van der Waals surface area contributed by atoms with E-state index >= 15 is 0 Å². The van der Waals surface area contributed by atoms with Crippen molar-refractivity contribution in [2.75, 3.05) is 18.6 Å². The van der Waals surface area contributed by atoms with Crippen molar-refractivity contribution in [3.8, 4) is 0 Å². The quantitative estimate of drug-likeness (QED) is 0.801. The van der Waals surface area contributed by atoms with Crippen LogP contribution in [0.1, 0.15) is 35.7 Å². The lowest BCUT2D eigenvalue weighted by Gasteiger charge is -2.20. The molecule has 0 bridgehead atoms. The predicted molar refractivity (Wildman–Crippen MR) is 75.1 cm³/mol. The summed E-state index contributed by atoms with van der Waals surface area (Å²) in [5.41, 5.74) is 1.59.